The average molecular weight is 409 g/mol. The minimum atomic E-state index is -2.69. The number of furan rings is 1. The number of aromatic nitrogens is 4. The lowest BCUT2D eigenvalue weighted by Gasteiger charge is -2.08. The van der Waals surface area contributed by atoms with Gasteiger partial charge < -0.3 is 9.73 Å². The van der Waals surface area contributed by atoms with Gasteiger partial charge in [0.25, 0.3) is 5.91 Å². The summed E-state index contributed by atoms with van der Waals surface area (Å²) in [7, 11) is -2.69. The molecule has 148 valence electrons. The molecule has 0 spiro atoms. The van der Waals surface area contributed by atoms with E-state index < -0.39 is 9.52 Å². The van der Waals surface area contributed by atoms with E-state index in [-0.39, 0.29) is 18.2 Å². The van der Waals surface area contributed by atoms with Gasteiger partial charge in [0.15, 0.2) is 11.3 Å². The molecule has 0 aliphatic carbocycles. The van der Waals surface area contributed by atoms with Gasteiger partial charge in [-0.2, -0.15) is 5.10 Å². The third kappa shape index (κ3) is 3.77. The predicted molar refractivity (Wildman–Crippen MR) is 109 cm³/mol. The highest BCUT2D eigenvalue weighted by Crippen LogP contribution is 2.20. The van der Waals surface area contributed by atoms with Crippen LogP contribution in [0, 0.1) is 0 Å². The molecule has 4 rings (SSSR count). The summed E-state index contributed by atoms with van der Waals surface area (Å²) < 4.78 is 20.3. The number of carbonyl (C=O) groups is 1. The quantitative estimate of drug-likeness (QED) is 0.491. The summed E-state index contributed by atoms with van der Waals surface area (Å²) in [4.78, 5) is 21.6. The molecule has 0 radical (unpaired) electrons. The van der Waals surface area contributed by atoms with E-state index in [4.69, 9.17) is 4.42 Å². The van der Waals surface area contributed by atoms with Gasteiger partial charge in [-0.15, -0.1) is 0 Å². The van der Waals surface area contributed by atoms with Crippen LogP contribution in [0.5, 0.6) is 0 Å². The summed E-state index contributed by atoms with van der Waals surface area (Å²) in [6, 6.07) is 6.86. The van der Waals surface area contributed by atoms with Gasteiger partial charge in [-0.3, -0.25) is 23.7 Å². The molecular formula is C20H19N5O3S. The van der Waals surface area contributed by atoms with Crippen LogP contribution in [0.2, 0.25) is 0 Å². The Balaban J connectivity index is 1.44. The first-order valence-electron chi connectivity index (χ1n) is 8.94. The molecule has 0 aliphatic rings. The van der Waals surface area contributed by atoms with Crippen LogP contribution in [0.25, 0.3) is 11.0 Å². The van der Waals surface area contributed by atoms with Crippen LogP contribution in [0.15, 0.2) is 69.5 Å². The van der Waals surface area contributed by atoms with Crippen molar-refractivity contribution in [2.24, 2.45) is 0 Å². The molecule has 0 fully saturated rings. The Hall–Kier alpha value is -3.46. The fourth-order valence-electron chi connectivity index (χ4n) is 2.79. The maximum atomic E-state index is 13.1. The first-order valence-corrected chi connectivity index (χ1v) is 10.7. The Morgan fingerprint density at radius 2 is 2.10 bits per heavy atom. The Morgan fingerprint density at radius 1 is 1.24 bits per heavy atom. The minimum absolute atomic E-state index is 0.207. The molecule has 1 N–H and O–H groups in total. The second-order valence-electron chi connectivity index (χ2n) is 6.40. The summed E-state index contributed by atoms with van der Waals surface area (Å²) in [5.41, 5.74) is 1.18. The lowest BCUT2D eigenvalue weighted by atomic mass is 10.3. The SMILES string of the molecule is C=S(=O)(c1ccc(CNC(=O)c2cc3ccncc3o2)nc1)c1cnn(CC)c1. The van der Waals surface area contributed by atoms with Crippen molar-refractivity contribution in [1.29, 1.82) is 0 Å². The summed E-state index contributed by atoms with van der Waals surface area (Å²) in [6.45, 7) is 2.85. The minimum Gasteiger partial charge on any atom is -0.449 e. The van der Waals surface area contributed by atoms with Crippen LogP contribution in [0.3, 0.4) is 0 Å². The molecule has 0 bridgehead atoms. The van der Waals surface area contributed by atoms with E-state index in [1.54, 1.807) is 53.7 Å². The standard InChI is InChI=1S/C20H19N5O3S/c1-3-25-13-17(11-24-25)29(2,27)16-5-4-15(22-10-16)9-23-20(26)18-8-14-6-7-21-12-19(14)28-18/h4-8,10-13H,2-3,9H2,1H3,(H,23,26). The highest BCUT2D eigenvalue weighted by atomic mass is 32.2. The lowest BCUT2D eigenvalue weighted by Crippen LogP contribution is -2.22. The average Bonchev–Trinajstić information content (AvgIpc) is 3.39. The molecule has 9 heteroatoms. The van der Waals surface area contributed by atoms with E-state index in [2.05, 4.69) is 26.3 Å². The van der Waals surface area contributed by atoms with E-state index in [1.165, 1.54) is 6.20 Å². The summed E-state index contributed by atoms with van der Waals surface area (Å²) in [5, 5.41) is 7.72. The van der Waals surface area contributed by atoms with Crippen LogP contribution in [0.1, 0.15) is 23.2 Å². The normalized spacial score (nSPS) is 13.3. The van der Waals surface area contributed by atoms with Gasteiger partial charge in [0, 0.05) is 40.0 Å². The maximum Gasteiger partial charge on any atom is 0.287 e. The van der Waals surface area contributed by atoms with E-state index in [0.717, 1.165) is 5.39 Å². The fourth-order valence-corrected chi connectivity index (χ4v) is 4.08. The Bertz CT molecular complexity index is 1240. The number of amides is 1. The zero-order valence-corrected chi connectivity index (χ0v) is 16.6. The number of hydrogen-bond acceptors (Lipinski definition) is 6. The van der Waals surface area contributed by atoms with Crippen molar-refractivity contribution < 1.29 is 13.4 Å². The molecule has 1 amide bonds. The van der Waals surface area contributed by atoms with Crippen molar-refractivity contribution in [2.45, 2.75) is 29.8 Å². The van der Waals surface area contributed by atoms with Crippen LogP contribution in [0.4, 0.5) is 0 Å². The van der Waals surface area contributed by atoms with Gasteiger partial charge >= 0.3 is 0 Å². The Labute approximate surface area is 167 Å². The third-order valence-electron chi connectivity index (χ3n) is 4.47. The molecule has 1 atom stereocenters. The first kappa shape index (κ1) is 18.9. The molecule has 8 nitrogen and oxygen atoms in total. The number of hydrogen-bond donors (Lipinski definition) is 1. The lowest BCUT2D eigenvalue weighted by molar-refractivity contribution is 0.0925. The third-order valence-corrected chi connectivity index (χ3v) is 6.44. The van der Waals surface area contributed by atoms with E-state index in [9.17, 15) is 9.00 Å². The topological polar surface area (TPSA) is 103 Å². The predicted octanol–water partition coefficient (Wildman–Crippen LogP) is 2.50. The van der Waals surface area contributed by atoms with Crippen molar-refractivity contribution >= 4 is 32.3 Å². The summed E-state index contributed by atoms with van der Waals surface area (Å²) in [5.74, 6) is 3.73. The zero-order chi connectivity index (χ0) is 20.4. The summed E-state index contributed by atoms with van der Waals surface area (Å²) >= 11 is 0. The second kappa shape index (κ2) is 7.51. The van der Waals surface area contributed by atoms with Crippen LogP contribution < -0.4 is 5.32 Å². The van der Waals surface area contributed by atoms with Gasteiger partial charge in [-0.25, -0.2) is 0 Å². The number of fused-ring (bicyclic) bond motifs is 1. The number of pyridine rings is 2. The Kier molecular flexibility index (Phi) is 4.89. The van der Waals surface area contributed by atoms with Crippen LogP contribution in [-0.4, -0.2) is 35.7 Å². The van der Waals surface area contributed by atoms with Gasteiger partial charge in [0.1, 0.15) is 0 Å². The van der Waals surface area contributed by atoms with Gasteiger partial charge in [0.2, 0.25) is 0 Å². The number of nitrogens with zero attached hydrogens (tertiary/aromatic N) is 4. The largest absolute Gasteiger partial charge is 0.449 e. The second-order valence-corrected chi connectivity index (χ2v) is 8.69. The number of carbonyl (C=O) groups excluding carboxylic acids is 1. The van der Waals surface area contributed by atoms with E-state index in [0.29, 0.717) is 27.6 Å². The van der Waals surface area contributed by atoms with E-state index >= 15 is 0 Å². The van der Waals surface area contributed by atoms with Crippen LogP contribution in [-0.2, 0) is 22.6 Å². The summed E-state index contributed by atoms with van der Waals surface area (Å²) in [6.07, 6.45) is 8.01. The molecule has 4 aromatic rings. The van der Waals surface area contributed by atoms with Crippen molar-refractivity contribution in [1.82, 2.24) is 25.1 Å². The molecular weight excluding hydrogens is 390 g/mol. The highest BCUT2D eigenvalue weighted by molar-refractivity contribution is 8.00. The first-order chi connectivity index (χ1) is 14.0. The molecule has 4 aromatic heterocycles. The fraction of sp³-hybridized carbons (Fsp3) is 0.150. The smallest absolute Gasteiger partial charge is 0.287 e. The van der Waals surface area contributed by atoms with Gasteiger partial charge in [-0.1, -0.05) is 0 Å². The van der Waals surface area contributed by atoms with Crippen LogP contribution >= 0.6 is 0 Å². The molecule has 29 heavy (non-hydrogen) atoms. The molecule has 0 aliphatic heterocycles. The van der Waals surface area contributed by atoms with E-state index in [1.807, 2.05) is 6.92 Å². The molecule has 0 aromatic carbocycles. The zero-order valence-electron chi connectivity index (χ0n) is 15.7. The van der Waals surface area contributed by atoms with Gasteiger partial charge in [-0.05, 0) is 37.1 Å². The highest BCUT2D eigenvalue weighted by Gasteiger charge is 2.15. The Morgan fingerprint density at radius 3 is 2.79 bits per heavy atom. The molecule has 1 unspecified atom stereocenters. The molecule has 0 saturated carbocycles. The molecule has 0 saturated heterocycles. The van der Waals surface area contributed by atoms with Crippen molar-refractivity contribution in [3.63, 3.8) is 0 Å². The number of rotatable bonds is 6. The van der Waals surface area contributed by atoms with Crippen molar-refractivity contribution in [3.05, 3.63) is 66.7 Å². The van der Waals surface area contributed by atoms with Crippen molar-refractivity contribution in [3.8, 4) is 0 Å². The number of aryl methyl sites for hydroxylation is 1. The number of nitrogens with one attached hydrogen (secondary N) is 1. The van der Waals surface area contributed by atoms with Gasteiger partial charge in [0.05, 0.1) is 34.4 Å². The van der Waals surface area contributed by atoms with Crippen molar-refractivity contribution in [2.75, 3.05) is 0 Å². The monoisotopic (exact) mass is 409 g/mol. The molecule has 4 heterocycles. The maximum absolute atomic E-state index is 13.1.